The van der Waals surface area contributed by atoms with Gasteiger partial charge >= 0.3 is 6.01 Å². The van der Waals surface area contributed by atoms with Gasteiger partial charge in [-0.15, -0.1) is 0 Å². The summed E-state index contributed by atoms with van der Waals surface area (Å²) in [4.78, 5) is 15.9. The smallest absolute Gasteiger partial charge is 0.323 e. The summed E-state index contributed by atoms with van der Waals surface area (Å²) in [5.74, 6) is 0.633. The van der Waals surface area contributed by atoms with E-state index < -0.39 is 0 Å². The van der Waals surface area contributed by atoms with E-state index in [1.165, 1.54) is 17.3 Å². The maximum absolute atomic E-state index is 8.67. The van der Waals surface area contributed by atoms with Crippen LogP contribution in [-0.4, -0.2) is 55.1 Å². The van der Waals surface area contributed by atoms with E-state index in [9.17, 15) is 0 Å². The third-order valence-electron chi connectivity index (χ3n) is 1.77. The Hall–Kier alpha value is -2.29. The van der Waals surface area contributed by atoms with Gasteiger partial charge in [-0.1, -0.05) is 0 Å². The van der Waals surface area contributed by atoms with Crippen LogP contribution >= 0.6 is 0 Å². The molecule has 0 spiro atoms. The highest BCUT2D eigenvalue weighted by molar-refractivity contribution is 5.28. The van der Waals surface area contributed by atoms with Crippen molar-refractivity contribution in [2.24, 2.45) is 0 Å². The number of nitrogens with zero attached hydrogens (tertiary/aromatic N) is 6. The molecule has 0 radical (unpaired) electrons. The topological polar surface area (TPSA) is 111 Å². The van der Waals surface area contributed by atoms with Gasteiger partial charge in [0.2, 0.25) is 5.95 Å². The van der Waals surface area contributed by atoms with Crippen molar-refractivity contribution in [3.05, 3.63) is 12.7 Å². The lowest BCUT2D eigenvalue weighted by Gasteiger charge is -2.06. The Balaban J connectivity index is 2.32. The SMILES string of the molecule is CNc1nc(OCCO)nc(-n2cncn2)n1. The summed E-state index contributed by atoms with van der Waals surface area (Å²) >= 11 is 0. The highest BCUT2D eigenvalue weighted by atomic mass is 16.5. The predicted octanol–water partition coefficient (Wildman–Crippen LogP) is -1.13. The van der Waals surface area contributed by atoms with Crippen molar-refractivity contribution in [3.63, 3.8) is 0 Å². The minimum Gasteiger partial charge on any atom is -0.461 e. The van der Waals surface area contributed by atoms with E-state index in [1.54, 1.807) is 7.05 Å². The van der Waals surface area contributed by atoms with Gasteiger partial charge < -0.3 is 15.2 Å². The molecule has 2 aromatic rings. The maximum atomic E-state index is 8.67. The maximum Gasteiger partial charge on any atom is 0.323 e. The van der Waals surface area contributed by atoms with Crippen LogP contribution in [0.3, 0.4) is 0 Å². The first-order chi connectivity index (χ1) is 8.33. The molecule has 0 bridgehead atoms. The van der Waals surface area contributed by atoms with E-state index in [4.69, 9.17) is 9.84 Å². The van der Waals surface area contributed by atoms with Gasteiger partial charge in [0.25, 0.3) is 5.95 Å². The second-order valence-corrected chi connectivity index (χ2v) is 2.90. The van der Waals surface area contributed by atoms with Crippen molar-refractivity contribution < 1.29 is 9.84 Å². The van der Waals surface area contributed by atoms with Crippen LogP contribution in [0.25, 0.3) is 5.95 Å². The van der Waals surface area contributed by atoms with Crippen LogP contribution in [0.2, 0.25) is 0 Å². The fourth-order valence-corrected chi connectivity index (χ4v) is 1.07. The summed E-state index contributed by atoms with van der Waals surface area (Å²) in [7, 11) is 1.68. The first-order valence-corrected chi connectivity index (χ1v) is 4.86. The fourth-order valence-electron chi connectivity index (χ4n) is 1.07. The largest absolute Gasteiger partial charge is 0.461 e. The van der Waals surface area contributed by atoms with Crippen molar-refractivity contribution in [1.82, 2.24) is 29.7 Å². The average molecular weight is 237 g/mol. The van der Waals surface area contributed by atoms with Crippen LogP contribution in [0.5, 0.6) is 6.01 Å². The van der Waals surface area contributed by atoms with Crippen molar-refractivity contribution >= 4 is 5.95 Å². The number of aliphatic hydroxyl groups excluding tert-OH is 1. The standard InChI is InChI=1S/C8H11N7O2/c1-9-6-12-7(15-5-10-4-11-15)14-8(13-6)17-3-2-16/h4-5,16H,2-3H2,1H3,(H,9,12,13,14). The van der Waals surface area contributed by atoms with Crippen LogP contribution in [0.4, 0.5) is 5.95 Å². The quantitative estimate of drug-likeness (QED) is 0.671. The zero-order valence-electron chi connectivity index (χ0n) is 9.11. The molecule has 0 aliphatic heterocycles. The summed E-state index contributed by atoms with van der Waals surface area (Å²) in [6.07, 6.45) is 2.84. The van der Waals surface area contributed by atoms with Gasteiger partial charge in [-0.05, 0) is 0 Å². The number of anilines is 1. The van der Waals surface area contributed by atoms with Gasteiger partial charge in [-0.25, -0.2) is 4.98 Å². The predicted molar refractivity (Wildman–Crippen MR) is 56.9 cm³/mol. The van der Waals surface area contributed by atoms with Crippen LogP contribution < -0.4 is 10.1 Å². The zero-order valence-corrected chi connectivity index (χ0v) is 9.11. The van der Waals surface area contributed by atoms with E-state index in [2.05, 4.69) is 30.4 Å². The molecule has 17 heavy (non-hydrogen) atoms. The molecule has 0 aliphatic carbocycles. The summed E-state index contributed by atoms with van der Waals surface area (Å²) in [5, 5.41) is 15.4. The fraction of sp³-hybridized carbons (Fsp3) is 0.375. The molecule has 2 heterocycles. The molecule has 9 heteroatoms. The van der Waals surface area contributed by atoms with E-state index in [0.717, 1.165) is 0 Å². The molecule has 0 unspecified atom stereocenters. The molecule has 9 nitrogen and oxygen atoms in total. The Morgan fingerprint density at radius 3 is 2.94 bits per heavy atom. The molecule has 2 N–H and O–H groups in total. The zero-order chi connectivity index (χ0) is 12.1. The van der Waals surface area contributed by atoms with Gasteiger partial charge in [0.15, 0.2) is 0 Å². The minimum absolute atomic E-state index is 0.112. The highest BCUT2D eigenvalue weighted by Crippen LogP contribution is 2.09. The molecule has 0 atom stereocenters. The second kappa shape index (κ2) is 5.16. The first-order valence-electron chi connectivity index (χ1n) is 4.86. The van der Waals surface area contributed by atoms with Gasteiger partial charge in [0.05, 0.1) is 6.61 Å². The molecule has 0 aliphatic rings. The molecule has 0 fully saturated rings. The lowest BCUT2D eigenvalue weighted by Crippen LogP contribution is -2.11. The van der Waals surface area contributed by atoms with E-state index in [-0.39, 0.29) is 25.2 Å². The Bertz CT molecular complexity index is 473. The molecular weight excluding hydrogens is 226 g/mol. The molecule has 0 amide bonds. The Labute approximate surface area is 96.5 Å². The molecule has 0 aromatic carbocycles. The van der Waals surface area contributed by atoms with Crippen LogP contribution in [0.15, 0.2) is 12.7 Å². The Morgan fingerprint density at radius 2 is 2.29 bits per heavy atom. The summed E-state index contributed by atoms with van der Waals surface area (Å²) in [6.45, 7) is 0.00317. The van der Waals surface area contributed by atoms with Crippen LogP contribution in [0.1, 0.15) is 0 Å². The van der Waals surface area contributed by atoms with Crippen LogP contribution in [-0.2, 0) is 0 Å². The van der Waals surface area contributed by atoms with E-state index in [1.807, 2.05) is 0 Å². The highest BCUT2D eigenvalue weighted by Gasteiger charge is 2.08. The van der Waals surface area contributed by atoms with E-state index >= 15 is 0 Å². The van der Waals surface area contributed by atoms with Crippen LogP contribution in [0, 0.1) is 0 Å². The molecular formula is C8H11N7O2. The Morgan fingerprint density at radius 1 is 1.41 bits per heavy atom. The van der Waals surface area contributed by atoms with Gasteiger partial charge in [0.1, 0.15) is 19.3 Å². The second-order valence-electron chi connectivity index (χ2n) is 2.90. The van der Waals surface area contributed by atoms with Crippen molar-refractivity contribution in [2.45, 2.75) is 0 Å². The summed E-state index contributed by atoms with van der Waals surface area (Å²) < 4.78 is 6.51. The molecule has 2 aromatic heterocycles. The van der Waals surface area contributed by atoms with Gasteiger partial charge in [0, 0.05) is 7.05 Å². The number of aliphatic hydroxyl groups is 1. The van der Waals surface area contributed by atoms with Crippen molar-refractivity contribution in [2.75, 3.05) is 25.6 Å². The van der Waals surface area contributed by atoms with Crippen molar-refractivity contribution in [3.8, 4) is 12.0 Å². The number of aromatic nitrogens is 6. The molecule has 0 saturated carbocycles. The number of hydrogen-bond acceptors (Lipinski definition) is 8. The molecule has 90 valence electrons. The van der Waals surface area contributed by atoms with Gasteiger partial charge in [-0.2, -0.15) is 24.7 Å². The lowest BCUT2D eigenvalue weighted by molar-refractivity contribution is 0.191. The lowest BCUT2D eigenvalue weighted by atomic mass is 10.8. The summed E-state index contributed by atoms with van der Waals surface area (Å²) in [5.41, 5.74) is 0. The molecule has 0 saturated heterocycles. The average Bonchev–Trinajstić information content (AvgIpc) is 2.89. The third-order valence-corrected chi connectivity index (χ3v) is 1.77. The number of nitrogens with one attached hydrogen (secondary N) is 1. The normalized spacial score (nSPS) is 10.2. The van der Waals surface area contributed by atoms with Gasteiger partial charge in [-0.3, -0.25) is 0 Å². The number of rotatable bonds is 5. The monoisotopic (exact) mass is 237 g/mol. The Kier molecular flexibility index (Phi) is 3.40. The van der Waals surface area contributed by atoms with E-state index in [0.29, 0.717) is 5.95 Å². The minimum atomic E-state index is -0.112. The van der Waals surface area contributed by atoms with Crippen molar-refractivity contribution in [1.29, 1.82) is 0 Å². The summed E-state index contributed by atoms with van der Waals surface area (Å²) in [6, 6.07) is 0.115. The molecule has 2 rings (SSSR count). The number of ether oxygens (including phenoxy) is 1. The third kappa shape index (κ3) is 2.64. The first kappa shape index (κ1) is 11.2. The number of hydrogen-bond donors (Lipinski definition) is 2.